The Labute approximate surface area is 291 Å². The van der Waals surface area contributed by atoms with Gasteiger partial charge in [0.05, 0.1) is 23.9 Å². The average Bonchev–Trinajstić information content (AvgIpc) is 3.07. The molecule has 0 radical (unpaired) electrons. The number of fused-ring (bicyclic) bond motifs is 2. The van der Waals surface area contributed by atoms with Crippen LogP contribution >= 0.6 is 0 Å². The zero-order chi connectivity index (χ0) is 35.6. The molecule has 11 heteroatoms. The number of carbonyl (C=O) groups excluding carboxylic acids is 2. The lowest BCUT2D eigenvalue weighted by Gasteiger charge is -2.29. The second-order valence-electron chi connectivity index (χ2n) is 11.6. The summed E-state index contributed by atoms with van der Waals surface area (Å²) in [4.78, 5) is 32.0. The van der Waals surface area contributed by atoms with E-state index in [9.17, 15) is 9.59 Å². The summed E-state index contributed by atoms with van der Waals surface area (Å²) >= 11 is 0. The summed E-state index contributed by atoms with van der Waals surface area (Å²) in [5.41, 5.74) is 6.28. The normalized spacial score (nSPS) is 12.1. The van der Waals surface area contributed by atoms with Gasteiger partial charge in [-0.15, -0.1) is 0 Å². The standard InChI is InChI=1S/C38H51N3O7Si/c1-9-39-32-24-34-30(22-26(32)7)36(28-18-15-16-19-29(28)37(42)44-11-3)31-23-27(8)33(25-35(31)48-34)41(10-2)38(43)40-20-17-21-49(45-12-4,46-13-5)47-14-6/h15-16,18-19,22-25H,9-14,17,20-21H2,1-8H3,(H,40,43)/p+1. The van der Waals surface area contributed by atoms with Crippen molar-refractivity contribution in [2.45, 2.75) is 67.9 Å². The molecular formula is C38H52N3O7Si+. The van der Waals surface area contributed by atoms with Gasteiger partial charge < -0.3 is 27.7 Å². The number of amides is 2. The number of esters is 1. The van der Waals surface area contributed by atoms with E-state index in [1.807, 2.05) is 71.0 Å². The molecule has 1 aliphatic heterocycles. The van der Waals surface area contributed by atoms with Crippen molar-refractivity contribution in [2.75, 3.05) is 51.0 Å². The second kappa shape index (κ2) is 17.6. The van der Waals surface area contributed by atoms with Crippen molar-refractivity contribution in [3.05, 3.63) is 70.6 Å². The average molecular weight is 691 g/mol. The number of benzene rings is 3. The Morgan fingerprint density at radius 2 is 1.55 bits per heavy atom. The number of urea groups is 1. The maximum absolute atomic E-state index is 13.6. The molecule has 0 fully saturated rings. The molecule has 1 aliphatic carbocycles. The fraction of sp³-hybridized carbons (Fsp3) is 0.447. The number of hydrogen-bond donors (Lipinski definition) is 2. The summed E-state index contributed by atoms with van der Waals surface area (Å²) in [7, 11) is -2.80. The van der Waals surface area contributed by atoms with Crippen LogP contribution in [-0.4, -0.2) is 66.9 Å². The van der Waals surface area contributed by atoms with Gasteiger partial charge in [-0.1, -0.05) is 18.2 Å². The smallest absolute Gasteiger partial charge is 0.462 e. The monoisotopic (exact) mass is 690 g/mol. The van der Waals surface area contributed by atoms with E-state index in [4.69, 9.17) is 22.4 Å². The first kappa shape index (κ1) is 37.8. The second-order valence-corrected chi connectivity index (χ2v) is 14.4. The van der Waals surface area contributed by atoms with Gasteiger partial charge >= 0.3 is 20.8 Å². The number of hydrogen-bond acceptors (Lipinski definition) is 7. The van der Waals surface area contributed by atoms with Crippen LogP contribution in [0.15, 0.2) is 52.9 Å². The lowest BCUT2D eigenvalue weighted by Crippen LogP contribution is -2.76. The Morgan fingerprint density at radius 1 is 0.857 bits per heavy atom. The molecule has 1 heterocycles. The predicted molar refractivity (Wildman–Crippen MR) is 195 cm³/mol. The summed E-state index contributed by atoms with van der Waals surface area (Å²) in [6.07, 6.45) is 0.657. The molecule has 2 aromatic rings. The van der Waals surface area contributed by atoms with Crippen LogP contribution in [0.5, 0.6) is 0 Å². The highest BCUT2D eigenvalue weighted by Gasteiger charge is 2.39. The van der Waals surface area contributed by atoms with E-state index in [1.165, 1.54) is 0 Å². The van der Waals surface area contributed by atoms with Crippen molar-refractivity contribution in [3.8, 4) is 22.5 Å². The fourth-order valence-electron chi connectivity index (χ4n) is 6.26. The SMILES string of the molecule is CC[NH+]=c1cc2oc3cc(N(CC)C(=O)NCCC[Si](OCC)(OCC)OCC)c(C)cc3c(-c3ccccc3C(=O)OCC)c-2cc1C. The first-order valence-electron chi connectivity index (χ1n) is 17.5. The largest absolute Gasteiger partial charge is 0.500 e. The molecule has 0 atom stereocenters. The van der Waals surface area contributed by atoms with E-state index < -0.39 is 8.80 Å². The maximum atomic E-state index is 13.6. The molecule has 0 bridgehead atoms. The highest BCUT2D eigenvalue weighted by molar-refractivity contribution is 6.60. The van der Waals surface area contributed by atoms with Crippen LogP contribution in [0.1, 0.15) is 69.4 Å². The van der Waals surface area contributed by atoms with Gasteiger partial charge in [0, 0.05) is 67.1 Å². The summed E-state index contributed by atoms with van der Waals surface area (Å²) in [5.74, 6) is 0.280. The first-order chi connectivity index (χ1) is 23.7. The Bertz CT molecular complexity index is 1770. The quantitative estimate of drug-likeness (QED) is 0.0645. The summed E-state index contributed by atoms with van der Waals surface area (Å²) in [6, 6.07) is 16.0. The Balaban J connectivity index is 1.78. The van der Waals surface area contributed by atoms with E-state index in [1.54, 1.807) is 17.9 Å². The molecule has 264 valence electrons. The van der Waals surface area contributed by atoms with Crippen LogP contribution in [0.4, 0.5) is 10.5 Å². The molecule has 0 unspecified atom stereocenters. The van der Waals surface area contributed by atoms with E-state index in [0.29, 0.717) is 62.3 Å². The van der Waals surface area contributed by atoms with Crippen molar-refractivity contribution >= 4 is 37.5 Å². The van der Waals surface area contributed by atoms with E-state index >= 15 is 0 Å². The molecule has 4 rings (SSSR count). The molecule has 49 heavy (non-hydrogen) atoms. The number of nitrogens with zero attached hydrogens (tertiary/aromatic N) is 1. The molecule has 2 aliphatic rings. The topological polar surface area (TPSA) is 113 Å². The van der Waals surface area contributed by atoms with Gasteiger partial charge in [0.25, 0.3) is 0 Å². The maximum Gasteiger partial charge on any atom is 0.500 e. The molecule has 0 spiro atoms. The van der Waals surface area contributed by atoms with Gasteiger partial charge in [0.2, 0.25) is 5.36 Å². The lowest BCUT2D eigenvalue weighted by molar-refractivity contribution is -0.496. The third-order valence-corrected chi connectivity index (χ3v) is 11.5. The van der Waals surface area contributed by atoms with Crippen LogP contribution in [0.25, 0.3) is 33.4 Å². The van der Waals surface area contributed by atoms with Crippen molar-refractivity contribution < 1.29 is 37.0 Å². The lowest BCUT2D eigenvalue weighted by atomic mass is 9.89. The number of rotatable bonds is 16. The molecule has 2 aromatic carbocycles. The number of ether oxygens (including phenoxy) is 1. The number of anilines is 1. The zero-order valence-corrected chi connectivity index (χ0v) is 31.3. The van der Waals surface area contributed by atoms with Gasteiger partial charge in [-0.3, -0.25) is 4.90 Å². The van der Waals surface area contributed by atoms with Crippen LogP contribution < -0.4 is 20.6 Å². The van der Waals surface area contributed by atoms with E-state index in [0.717, 1.165) is 50.8 Å². The molecule has 0 aromatic heterocycles. The molecule has 10 nitrogen and oxygen atoms in total. The highest BCUT2D eigenvalue weighted by atomic mass is 28.4. The Morgan fingerprint density at radius 3 is 2.18 bits per heavy atom. The third kappa shape index (κ3) is 8.59. The van der Waals surface area contributed by atoms with Crippen molar-refractivity contribution in [1.82, 2.24) is 5.32 Å². The first-order valence-corrected chi connectivity index (χ1v) is 19.4. The van der Waals surface area contributed by atoms with Crippen molar-refractivity contribution in [2.24, 2.45) is 0 Å². The van der Waals surface area contributed by atoms with Crippen LogP contribution in [-0.2, 0) is 18.0 Å². The zero-order valence-electron chi connectivity index (χ0n) is 30.3. The molecule has 2 amide bonds. The summed E-state index contributed by atoms with van der Waals surface area (Å²) < 4.78 is 30.0. The van der Waals surface area contributed by atoms with Crippen LogP contribution in [0.3, 0.4) is 0 Å². The minimum atomic E-state index is -2.80. The Hall–Kier alpha value is -4.03. The molecule has 0 saturated heterocycles. The van der Waals surface area contributed by atoms with Crippen molar-refractivity contribution in [1.29, 1.82) is 0 Å². The summed E-state index contributed by atoms with van der Waals surface area (Å²) in [5, 5.41) is 4.89. The Kier molecular flexibility index (Phi) is 13.5. The van der Waals surface area contributed by atoms with Crippen LogP contribution in [0, 0.1) is 13.8 Å². The molecule has 0 saturated carbocycles. The predicted octanol–water partition coefficient (Wildman–Crippen LogP) is 5.97. The number of carbonyl (C=O) groups is 2. The highest BCUT2D eigenvalue weighted by Crippen LogP contribution is 2.43. The third-order valence-electron chi connectivity index (χ3n) is 8.32. The van der Waals surface area contributed by atoms with Crippen LogP contribution in [0.2, 0.25) is 6.04 Å². The molecule has 2 N–H and O–H groups in total. The van der Waals surface area contributed by atoms with Gasteiger partial charge in [-0.25, -0.2) is 14.6 Å². The minimum Gasteiger partial charge on any atom is -0.462 e. The number of nitrogens with one attached hydrogen (secondary N) is 2. The van der Waals surface area contributed by atoms with Crippen molar-refractivity contribution in [3.63, 3.8) is 0 Å². The van der Waals surface area contributed by atoms with Gasteiger partial charge in [-0.05, 0) is 91.1 Å². The van der Waals surface area contributed by atoms with Gasteiger partial charge in [-0.2, -0.15) is 0 Å². The van der Waals surface area contributed by atoms with E-state index in [-0.39, 0.29) is 18.6 Å². The number of aryl methyl sites for hydroxylation is 2. The fourth-order valence-corrected chi connectivity index (χ4v) is 8.87. The van der Waals surface area contributed by atoms with Gasteiger partial charge in [0.1, 0.15) is 17.9 Å². The summed E-state index contributed by atoms with van der Waals surface area (Å²) in [6.45, 7) is 19.1. The molecular weight excluding hydrogens is 639 g/mol. The van der Waals surface area contributed by atoms with E-state index in [2.05, 4.69) is 30.2 Å². The van der Waals surface area contributed by atoms with Gasteiger partial charge in [0.15, 0.2) is 0 Å². The minimum absolute atomic E-state index is 0.208.